The quantitative estimate of drug-likeness (QED) is 0.139. The molecule has 0 heterocycles. The van der Waals surface area contributed by atoms with Gasteiger partial charge in [-0.15, -0.1) is 0 Å². The van der Waals surface area contributed by atoms with Gasteiger partial charge >= 0.3 is 0 Å². The fraction of sp³-hybridized carbons (Fsp3) is 0.0278. The Bertz CT molecular complexity index is 4230. The number of benzene rings is 12. The third-order valence-electron chi connectivity index (χ3n) is 15.5. The van der Waals surface area contributed by atoms with Gasteiger partial charge in [-0.25, -0.2) is 0 Å². The summed E-state index contributed by atoms with van der Waals surface area (Å²) < 4.78 is 43.8. The zero-order valence-corrected chi connectivity index (χ0v) is 39.9. The third kappa shape index (κ3) is 6.56. The molecule has 73 heavy (non-hydrogen) atoms. The van der Waals surface area contributed by atoms with Crippen molar-refractivity contribution in [1.29, 1.82) is 0 Å². The molecule has 12 aromatic carbocycles. The van der Waals surface area contributed by atoms with Crippen molar-refractivity contribution in [3.63, 3.8) is 0 Å². The lowest BCUT2D eigenvalue weighted by Gasteiger charge is -2.36. The number of rotatable bonds is 9. The second kappa shape index (κ2) is 17.2. The highest BCUT2D eigenvalue weighted by molar-refractivity contribution is 6.02. The molecule has 2 aliphatic carbocycles. The first-order valence-corrected chi connectivity index (χ1v) is 25.0. The lowest BCUT2D eigenvalue weighted by atomic mass is 9.67. The van der Waals surface area contributed by atoms with Crippen LogP contribution in [-0.2, 0) is 10.8 Å². The van der Waals surface area contributed by atoms with Gasteiger partial charge in [-0.2, -0.15) is 0 Å². The molecule has 0 fully saturated rings. The highest BCUT2D eigenvalue weighted by atomic mass is 15.1. The molecule has 2 aliphatic rings. The highest BCUT2D eigenvalue weighted by Gasteiger charge is 2.48. The minimum atomic E-state index is -0.899. The lowest BCUT2D eigenvalue weighted by Crippen LogP contribution is -2.29. The molecule has 0 saturated carbocycles. The molecule has 0 atom stereocenters. The first-order valence-electron chi connectivity index (χ1n) is 27.5. The maximum absolute atomic E-state index is 9.07. The number of anilines is 3. The van der Waals surface area contributed by atoms with Gasteiger partial charge in [0.05, 0.1) is 23.4 Å². The molecule has 0 spiro atoms. The van der Waals surface area contributed by atoms with E-state index in [0.29, 0.717) is 5.56 Å². The standard InChI is InChI=1S/C72H49N/c1-5-22-50(23-6-1)52-26-19-32-57(47-52)72(66-38-16-13-35-62(66)63-36-14-17-39-67(63)72)58-33-21-34-59(48-58)73(70-41-20-27-54-46-53(42-44-61(54)70)51-24-7-2-8-25-51)60-43-45-69-65(49-60)64-37-15-18-40-68(64)71(69,55-28-9-3-10-29-55)56-30-11-4-12-31-56/h1-49H/i1D,5D,6D,22D,23D. The molecule has 0 amide bonds. The Morgan fingerprint density at radius 1 is 0.288 bits per heavy atom. The summed E-state index contributed by atoms with van der Waals surface area (Å²) in [5.41, 5.74) is 18.2. The molecule has 0 unspecified atom stereocenters. The van der Waals surface area contributed by atoms with Crippen LogP contribution in [-0.4, -0.2) is 0 Å². The van der Waals surface area contributed by atoms with Gasteiger partial charge in [-0.3, -0.25) is 0 Å². The summed E-state index contributed by atoms with van der Waals surface area (Å²) in [6, 6.07) is 94.2. The summed E-state index contributed by atoms with van der Waals surface area (Å²) >= 11 is 0. The van der Waals surface area contributed by atoms with E-state index in [1.54, 1.807) is 0 Å². The van der Waals surface area contributed by atoms with Gasteiger partial charge in [-0.05, 0) is 137 Å². The maximum Gasteiger partial charge on any atom is 0.0714 e. The molecule has 0 saturated heterocycles. The fourth-order valence-electron chi connectivity index (χ4n) is 12.5. The van der Waals surface area contributed by atoms with E-state index in [-0.39, 0.29) is 29.7 Å². The van der Waals surface area contributed by atoms with Gasteiger partial charge in [0.1, 0.15) is 0 Å². The van der Waals surface area contributed by atoms with Crippen LogP contribution in [0.5, 0.6) is 0 Å². The van der Waals surface area contributed by atoms with Crippen LogP contribution >= 0.6 is 0 Å². The normalized spacial score (nSPS) is 14.4. The van der Waals surface area contributed by atoms with Crippen LogP contribution in [0.3, 0.4) is 0 Å². The summed E-state index contributed by atoms with van der Waals surface area (Å²) in [5.74, 6) is 0. The lowest BCUT2D eigenvalue weighted by molar-refractivity contribution is 0.768. The van der Waals surface area contributed by atoms with Crippen LogP contribution in [0.4, 0.5) is 17.1 Å². The molecular weight excluding hydrogens is 879 g/mol. The maximum atomic E-state index is 9.07. The first kappa shape index (κ1) is 37.5. The van der Waals surface area contributed by atoms with Gasteiger partial charge in [0, 0.05) is 16.8 Å². The zero-order valence-electron chi connectivity index (χ0n) is 44.9. The minimum absolute atomic E-state index is 0.172. The average Bonchev–Trinajstić information content (AvgIpc) is 4.21. The van der Waals surface area contributed by atoms with E-state index in [9.17, 15) is 0 Å². The predicted molar refractivity (Wildman–Crippen MR) is 304 cm³/mol. The van der Waals surface area contributed by atoms with Crippen LogP contribution in [0.2, 0.25) is 0 Å². The largest absolute Gasteiger partial charge is 0.310 e. The van der Waals surface area contributed by atoms with Crippen molar-refractivity contribution in [1.82, 2.24) is 0 Å². The highest BCUT2D eigenvalue weighted by Crippen LogP contribution is 2.59. The van der Waals surface area contributed by atoms with Gasteiger partial charge in [-0.1, -0.05) is 255 Å². The van der Waals surface area contributed by atoms with Gasteiger partial charge in [0.2, 0.25) is 0 Å². The molecule has 0 aliphatic heterocycles. The van der Waals surface area contributed by atoms with Crippen molar-refractivity contribution in [2.75, 3.05) is 4.90 Å². The number of fused-ring (bicyclic) bond motifs is 7. The molecule has 0 aromatic heterocycles. The fourth-order valence-corrected chi connectivity index (χ4v) is 12.5. The molecule has 0 N–H and O–H groups in total. The summed E-state index contributed by atoms with van der Waals surface area (Å²) in [6.07, 6.45) is 0. The molecule has 1 heteroatoms. The molecule has 342 valence electrons. The van der Waals surface area contributed by atoms with Crippen LogP contribution in [0, 0.1) is 0 Å². The van der Waals surface area contributed by atoms with Crippen molar-refractivity contribution in [3.8, 4) is 44.5 Å². The topological polar surface area (TPSA) is 3.24 Å². The predicted octanol–water partition coefficient (Wildman–Crippen LogP) is 18.4. The van der Waals surface area contributed by atoms with Crippen LogP contribution in [0.1, 0.15) is 51.4 Å². The molecule has 0 radical (unpaired) electrons. The van der Waals surface area contributed by atoms with Crippen molar-refractivity contribution in [2.24, 2.45) is 0 Å². The van der Waals surface area contributed by atoms with E-state index in [2.05, 4.69) is 254 Å². The Kier molecular flexibility index (Phi) is 8.86. The van der Waals surface area contributed by atoms with Crippen LogP contribution in [0.15, 0.2) is 297 Å². The Morgan fingerprint density at radius 3 is 1.42 bits per heavy atom. The van der Waals surface area contributed by atoms with Crippen LogP contribution in [0.25, 0.3) is 55.3 Å². The van der Waals surface area contributed by atoms with Crippen LogP contribution < -0.4 is 4.90 Å². The Morgan fingerprint density at radius 2 is 0.767 bits per heavy atom. The number of hydrogen-bond donors (Lipinski definition) is 0. The Balaban J connectivity index is 1.03. The zero-order chi connectivity index (χ0) is 52.7. The summed E-state index contributed by atoms with van der Waals surface area (Å²) in [6.45, 7) is 0. The molecular formula is C72H49N. The summed E-state index contributed by atoms with van der Waals surface area (Å²) in [7, 11) is 0. The van der Waals surface area contributed by atoms with Gasteiger partial charge in [0.15, 0.2) is 0 Å². The molecule has 0 bridgehead atoms. The second-order valence-electron chi connectivity index (χ2n) is 19.1. The SMILES string of the molecule is [2H]c1c([2H])c([2H])c(-c2cccc(C3(c4cccc(N(c5ccc6c(c5)-c5ccccc5C6(c5ccccc5)c5ccccc5)c5cccc6cc(-c7ccccc7)ccc56)c4)c4ccccc4-c4ccccc43)c2)c([2H])c1[2H]. The van der Waals surface area contributed by atoms with E-state index < -0.39 is 16.9 Å². The van der Waals surface area contributed by atoms with E-state index in [1.165, 1.54) is 33.4 Å². The molecule has 14 rings (SSSR count). The van der Waals surface area contributed by atoms with E-state index >= 15 is 0 Å². The molecule has 12 aromatic rings. The Labute approximate surface area is 434 Å². The summed E-state index contributed by atoms with van der Waals surface area (Å²) in [5, 5.41) is 2.22. The van der Waals surface area contributed by atoms with Gasteiger partial charge in [0.25, 0.3) is 0 Å². The third-order valence-corrected chi connectivity index (χ3v) is 15.5. The first-order chi connectivity index (χ1) is 38.3. The van der Waals surface area contributed by atoms with E-state index in [1.807, 2.05) is 18.2 Å². The monoisotopic (exact) mass is 932 g/mol. The van der Waals surface area contributed by atoms with Gasteiger partial charge < -0.3 is 4.90 Å². The van der Waals surface area contributed by atoms with Crippen molar-refractivity contribution >= 4 is 27.8 Å². The second-order valence-corrected chi connectivity index (χ2v) is 19.1. The average molecular weight is 933 g/mol. The number of nitrogens with zero attached hydrogens (tertiary/aromatic N) is 1. The van der Waals surface area contributed by atoms with Crippen molar-refractivity contribution in [2.45, 2.75) is 10.8 Å². The van der Waals surface area contributed by atoms with E-state index in [4.69, 9.17) is 6.85 Å². The molecule has 1 nitrogen and oxygen atoms in total. The smallest absolute Gasteiger partial charge is 0.0714 e. The van der Waals surface area contributed by atoms with Crippen molar-refractivity contribution in [3.05, 3.63) is 342 Å². The number of hydrogen-bond acceptors (Lipinski definition) is 1. The Hall–Kier alpha value is -9.30. The minimum Gasteiger partial charge on any atom is -0.310 e. The van der Waals surface area contributed by atoms with Crippen molar-refractivity contribution < 1.29 is 6.85 Å². The van der Waals surface area contributed by atoms with E-state index in [0.717, 1.165) is 72.3 Å². The summed E-state index contributed by atoms with van der Waals surface area (Å²) in [4.78, 5) is 2.42.